The number of likely N-dealkylation sites (tertiary alicyclic amines) is 1. The lowest BCUT2D eigenvalue weighted by Gasteiger charge is -2.41. The number of carbonyl (C=O) groups is 2. The van der Waals surface area contributed by atoms with Crippen LogP contribution >= 0.6 is 0 Å². The van der Waals surface area contributed by atoms with Gasteiger partial charge in [0.25, 0.3) is 5.91 Å². The van der Waals surface area contributed by atoms with Crippen molar-refractivity contribution in [2.45, 2.75) is 45.4 Å². The predicted octanol–water partition coefficient (Wildman–Crippen LogP) is 1.89. The fourth-order valence-electron chi connectivity index (χ4n) is 3.42. The molecule has 0 bridgehead atoms. The number of rotatable bonds is 2. The highest BCUT2D eigenvalue weighted by molar-refractivity contribution is 6.09. The van der Waals surface area contributed by atoms with Crippen LogP contribution in [-0.2, 0) is 9.53 Å². The zero-order valence-electron chi connectivity index (χ0n) is 16.8. The van der Waals surface area contributed by atoms with Crippen LogP contribution in [0.4, 0.5) is 20.6 Å². The first kappa shape index (κ1) is 19.3. The molecule has 1 atom stereocenters. The number of amides is 2. The van der Waals surface area contributed by atoms with Gasteiger partial charge in [-0.1, -0.05) is 0 Å². The first-order valence-corrected chi connectivity index (χ1v) is 9.49. The highest BCUT2D eigenvalue weighted by Gasteiger charge is 2.37. The van der Waals surface area contributed by atoms with Gasteiger partial charge in [-0.15, -0.1) is 0 Å². The number of carbonyl (C=O) groups excluding carboxylic acids is 2. The molecule has 1 aromatic rings. The number of hydrazone groups is 1. The number of nitrogens with zero attached hydrogens (tertiary/aromatic N) is 3. The van der Waals surface area contributed by atoms with Crippen molar-refractivity contribution in [2.24, 2.45) is 5.10 Å². The topological polar surface area (TPSA) is 95.5 Å². The van der Waals surface area contributed by atoms with E-state index in [1.165, 1.54) is 6.07 Å². The third-order valence-electron chi connectivity index (χ3n) is 4.90. The quantitative estimate of drug-likeness (QED) is 0.780. The van der Waals surface area contributed by atoms with E-state index in [0.29, 0.717) is 30.4 Å². The second kappa shape index (κ2) is 6.78. The average Bonchev–Trinajstić information content (AvgIpc) is 2.59. The summed E-state index contributed by atoms with van der Waals surface area (Å²) in [6, 6.07) is 2.33. The highest BCUT2D eigenvalue weighted by Crippen LogP contribution is 2.38. The van der Waals surface area contributed by atoms with Crippen molar-refractivity contribution in [2.75, 3.05) is 29.9 Å². The molecule has 4 rings (SSSR count). The Morgan fingerprint density at radius 3 is 2.79 bits per heavy atom. The van der Waals surface area contributed by atoms with E-state index in [2.05, 4.69) is 15.8 Å². The predicted molar refractivity (Wildman–Crippen MR) is 105 cm³/mol. The molecule has 0 aromatic heterocycles. The zero-order valence-corrected chi connectivity index (χ0v) is 16.8. The molecule has 1 fully saturated rings. The number of nitrogens with one attached hydrogen (secondary N) is 2. The Morgan fingerprint density at radius 2 is 2.10 bits per heavy atom. The van der Waals surface area contributed by atoms with Crippen molar-refractivity contribution in [3.8, 4) is 5.75 Å². The Morgan fingerprint density at radius 1 is 1.38 bits per heavy atom. The van der Waals surface area contributed by atoms with Gasteiger partial charge in [0, 0.05) is 19.2 Å². The van der Waals surface area contributed by atoms with Crippen LogP contribution in [-0.4, -0.2) is 60.1 Å². The lowest BCUT2D eigenvalue weighted by Crippen LogP contribution is -2.58. The molecular formula is C19H24FN5O4. The van der Waals surface area contributed by atoms with E-state index in [9.17, 15) is 14.0 Å². The van der Waals surface area contributed by atoms with Crippen molar-refractivity contribution in [1.29, 1.82) is 0 Å². The van der Waals surface area contributed by atoms with Crippen molar-refractivity contribution in [3.63, 3.8) is 0 Å². The van der Waals surface area contributed by atoms with E-state index in [1.807, 2.05) is 20.8 Å². The molecule has 156 valence electrons. The van der Waals surface area contributed by atoms with E-state index in [-0.39, 0.29) is 30.3 Å². The minimum Gasteiger partial charge on any atom is -0.483 e. The van der Waals surface area contributed by atoms with Gasteiger partial charge in [-0.05, 0) is 33.8 Å². The van der Waals surface area contributed by atoms with Gasteiger partial charge >= 0.3 is 6.09 Å². The van der Waals surface area contributed by atoms with Crippen LogP contribution in [0.2, 0.25) is 0 Å². The van der Waals surface area contributed by atoms with Gasteiger partial charge in [0.2, 0.25) is 0 Å². The lowest BCUT2D eigenvalue weighted by atomic mass is 10.1. The molecule has 29 heavy (non-hydrogen) atoms. The molecule has 2 N–H and O–H groups in total. The lowest BCUT2D eigenvalue weighted by molar-refractivity contribution is -0.122. The molecule has 0 saturated carbocycles. The normalized spacial score (nSPS) is 21.2. The highest BCUT2D eigenvalue weighted by atomic mass is 19.1. The van der Waals surface area contributed by atoms with Crippen LogP contribution in [0.3, 0.4) is 0 Å². The summed E-state index contributed by atoms with van der Waals surface area (Å²) in [6.45, 7) is 8.16. The van der Waals surface area contributed by atoms with Gasteiger partial charge < -0.3 is 24.6 Å². The largest absolute Gasteiger partial charge is 0.483 e. The third kappa shape index (κ3) is 3.66. The molecule has 0 aliphatic carbocycles. The summed E-state index contributed by atoms with van der Waals surface area (Å²) < 4.78 is 25.5. The summed E-state index contributed by atoms with van der Waals surface area (Å²) >= 11 is 0. The van der Waals surface area contributed by atoms with E-state index < -0.39 is 17.5 Å². The van der Waals surface area contributed by atoms with E-state index >= 15 is 0 Å². The first-order valence-electron chi connectivity index (χ1n) is 9.49. The third-order valence-corrected chi connectivity index (χ3v) is 4.90. The summed E-state index contributed by atoms with van der Waals surface area (Å²) in [6.07, 6.45) is -0.385. The number of anilines is 2. The Kier molecular flexibility index (Phi) is 4.51. The van der Waals surface area contributed by atoms with Crippen LogP contribution in [0.15, 0.2) is 17.2 Å². The summed E-state index contributed by atoms with van der Waals surface area (Å²) in [5.41, 5.74) is 2.75. The molecule has 9 nitrogen and oxygen atoms in total. The summed E-state index contributed by atoms with van der Waals surface area (Å²) in [7, 11) is 0. The molecule has 1 saturated heterocycles. The Labute approximate surface area is 167 Å². The second-order valence-electron chi connectivity index (χ2n) is 8.37. The van der Waals surface area contributed by atoms with Crippen molar-refractivity contribution >= 4 is 29.2 Å². The molecule has 0 unspecified atom stereocenters. The van der Waals surface area contributed by atoms with Crippen molar-refractivity contribution < 1.29 is 23.5 Å². The fraction of sp³-hybridized carbons (Fsp3) is 0.526. The van der Waals surface area contributed by atoms with Gasteiger partial charge in [-0.2, -0.15) is 5.10 Å². The summed E-state index contributed by atoms with van der Waals surface area (Å²) in [5.74, 6) is 0.209. The molecule has 1 aromatic carbocycles. The second-order valence-corrected chi connectivity index (χ2v) is 8.37. The van der Waals surface area contributed by atoms with Gasteiger partial charge in [0.05, 0.1) is 17.4 Å². The Hall–Kier alpha value is -3.04. The van der Waals surface area contributed by atoms with Crippen LogP contribution in [0, 0.1) is 5.82 Å². The van der Waals surface area contributed by atoms with E-state index in [0.717, 1.165) is 0 Å². The molecule has 3 heterocycles. The standard InChI is InChI=1S/C19H24FN5O4/c1-10-17(26)23-22-16-9-28-15-5-12(20)13(6-14(15)25(10)16)21-11-7-24(8-11)18(27)29-19(2,3)4/h5-6,10-11,21H,7-9H2,1-4H3,(H,23,26)/t10-/m0/s1. The van der Waals surface area contributed by atoms with Gasteiger partial charge in [-0.3, -0.25) is 4.79 Å². The van der Waals surface area contributed by atoms with Crippen LogP contribution in [0.5, 0.6) is 5.75 Å². The molecule has 0 spiro atoms. The molecule has 0 radical (unpaired) electrons. The van der Waals surface area contributed by atoms with Crippen LogP contribution < -0.4 is 20.4 Å². The minimum absolute atomic E-state index is 0.102. The fourth-order valence-corrected chi connectivity index (χ4v) is 3.42. The van der Waals surface area contributed by atoms with Gasteiger partial charge in [0.1, 0.15) is 29.8 Å². The number of amidine groups is 1. The SMILES string of the molecule is C[C@H]1C(=O)NN=C2COc3cc(F)c(NC4CN(C(=O)OC(C)(C)C)C4)cc3N21. The van der Waals surface area contributed by atoms with Crippen LogP contribution in [0.25, 0.3) is 0 Å². The zero-order chi connectivity index (χ0) is 20.9. The smallest absolute Gasteiger partial charge is 0.410 e. The Bertz CT molecular complexity index is 891. The van der Waals surface area contributed by atoms with Crippen LogP contribution in [0.1, 0.15) is 27.7 Å². The molecular weight excluding hydrogens is 381 g/mol. The minimum atomic E-state index is -0.559. The number of halogens is 1. The monoisotopic (exact) mass is 405 g/mol. The molecule has 3 aliphatic heterocycles. The summed E-state index contributed by atoms with van der Waals surface area (Å²) in [5, 5.41) is 7.15. The van der Waals surface area contributed by atoms with Gasteiger partial charge in [0.15, 0.2) is 5.84 Å². The van der Waals surface area contributed by atoms with E-state index in [4.69, 9.17) is 9.47 Å². The maximum absolute atomic E-state index is 14.6. The number of hydrogen-bond acceptors (Lipinski definition) is 7. The maximum atomic E-state index is 14.6. The number of fused-ring (bicyclic) bond motifs is 3. The number of ether oxygens (including phenoxy) is 2. The molecule has 10 heteroatoms. The van der Waals surface area contributed by atoms with Crippen molar-refractivity contribution in [3.05, 3.63) is 17.9 Å². The Balaban J connectivity index is 1.48. The average molecular weight is 405 g/mol. The maximum Gasteiger partial charge on any atom is 0.410 e. The van der Waals surface area contributed by atoms with E-state index in [1.54, 1.807) is 22.8 Å². The molecule has 3 aliphatic rings. The van der Waals surface area contributed by atoms with Crippen molar-refractivity contribution in [1.82, 2.24) is 10.3 Å². The number of hydrogen-bond donors (Lipinski definition) is 2. The van der Waals surface area contributed by atoms with Gasteiger partial charge in [-0.25, -0.2) is 14.6 Å². The number of benzene rings is 1. The first-order chi connectivity index (χ1) is 13.6. The molecule has 2 amide bonds. The summed E-state index contributed by atoms with van der Waals surface area (Å²) in [4.78, 5) is 27.4.